The largest absolute Gasteiger partial charge is 0.496 e. The van der Waals surface area contributed by atoms with Crippen molar-refractivity contribution in [2.45, 2.75) is 25.8 Å². The van der Waals surface area contributed by atoms with E-state index >= 15 is 0 Å². The molecule has 1 unspecified atom stereocenters. The topological polar surface area (TPSA) is 21.3 Å². The van der Waals surface area contributed by atoms with Gasteiger partial charge in [0.15, 0.2) is 0 Å². The predicted molar refractivity (Wildman–Crippen MR) is 65.4 cm³/mol. The summed E-state index contributed by atoms with van der Waals surface area (Å²) in [6.45, 7) is 1.88. The summed E-state index contributed by atoms with van der Waals surface area (Å²) in [6.07, 6.45) is 1.94. The zero-order chi connectivity index (χ0) is 11.1. The number of hydrogen-bond acceptors (Lipinski definition) is 3. The maximum Gasteiger partial charge on any atom is 0.134 e. The van der Waals surface area contributed by atoms with Crippen molar-refractivity contribution in [3.05, 3.63) is 16.3 Å². The van der Waals surface area contributed by atoms with E-state index in [9.17, 15) is 0 Å². The molecule has 0 saturated heterocycles. The second-order valence-corrected chi connectivity index (χ2v) is 4.11. The van der Waals surface area contributed by atoms with Crippen LogP contribution in [0.4, 0.5) is 0 Å². The molecule has 0 aliphatic carbocycles. The standard InChI is InChI=1S/C12H17NOS/c1-4-5-6-7-10(13-2)12-11(14-3)8-9-15-12/h8-10,13H,6-7H2,1-3H3. The van der Waals surface area contributed by atoms with Gasteiger partial charge in [0.25, 0.3) is 0 Å². The van der Waals surface area contributed by atoms with Crippen molar-refractivity contribution in [1.82, 2.24) is 5.32 Å². The highest BCUT2D eigenvalue weighted by atomic mass is 32.1. The van der Waals surface area contributed by atoms with Crippen LogP contribution >= 0.6 is 11.3 Å². The summed E-state index contributed by atoms with van der Waals surface area (Å²) in [5, 5.41) is 5.36. The molecule has 82 valence electrons. The van der Waals surface area contributed by atoms with Crippen molar-refractivity contribution in [2.24, 2.45) is 0 Å². The summed E-state index contributed by atoms with van der Waals surface area (Å²) in [7, 11) is 3.69. The molecule has 15 heavy (non-hydrogen) atoms. The van der Waals surface area contributed by atoms with Gasteiger partial charge < -0.3 is 10.1 Å². The van der Waals surface area contributed by atoms with Gasteiger partial charge in [-0.1, -0.05) is 0 Å². The average molecular weight is 223 g/mol. The minimum Gasteiger partial charge on any atom is -0.496 e. The van der Waals surface area contributed by atoms with Crippen LogP contribution in [-0.2, 0) is 0 Å². The second kappa shape index (κ2) is 6.49. The van der Waals surface area contributed by atoms with E-state index in [4.69, 9.17) is 4.74 Å². The second-order valence-electron chi connectivity index (χ2n) is 3.16. The van der Waals surface area contributed by atoms with Crippen LogP contribution in [0.2, 0.25) is 0 Å². The summed E-state index contributed by atoms with van der Waals surface area (Å²) in [5.41, 5.74) is 0. The molecule has 2 nitrogen and oxygen atoms in total. The average Bonchev–Trinajstić information content (AvgIpc) is 2.72. The molecule has 0 radical (unpaired) electrons. The first-order valence-electron chi connectivity index (χ1n) is 5.01. The Balaban J connectivity index is 2.67. The number of rotatable bonds is 5. The molecule has 0 fully saturated rings. The molecule has 0 aromatic carbocycles. The molecule has 1 rings (SSSR count). The molecule has 1 N–H and O–H groups in total. The van der Waals surface area contributed by atoms with E-state index in [-0.39, 0.29) is 0 Å². The van der Waals surface area contributed by atoms with Crippen LogP contribution in [0.15, 0.2) is 11.4 Å². The van der Waals surface area contributed by atoms with Crippen molar-refractivity contribution in [3.8, 4) is 17.6 Å². The van der Waals surface area contributed by atoms with Crippen LogP contribution in [0.3, 0.4) is 0 Å². The van der Waals surface area contributed by atoms with Gasteiger partial charge in [-0.15, -0.1) is 23.2 Å². The molecule has 0 amide bonds. The van der Waals surface area contributed by atoms with Crippen LogP contribution in [0.25, 0.3) is 0 Å². The first-order chi connectivity index (χ1) is 7.33. The molecule has 1 heterocycles. The number of nitrogens with one attached hydrogen (secondary N) is 1. The molecule has 0 aliphatic rings. The maximum absolute atomic E-state index is 5.31. The smallest absolute Gasteiger partial charge is 0.134 e. The number of methoxy groups -OCH3 is 1. The van der Waals surface area contributed by atoms with Gasteiger partial charge in [0.2, 0.25) is 0 Å². The van der Waals surface area contributed by atoms with Gasteiger partial charge in [-0.3, -0.25) is 0 Å². The van der Waals surface area contributed by atoms with Crippen LogP contribution in [0, 0.1) is 11.8 Å². The first-order valence-corrected chi connectivity index (χ1v) is 5.89. The van der Waals surface area contributed by atoms with Gasteiger partial charge in [-0.25, -0.2) is 0 Å². The lowest BCUT2D eigenvalue weighted by atomic mass is 10.1. The van der Waals surface area contributed by atoms with Crippen molar-refractivity contribution < 1.29 is 4.74 Å². The lowest BCUT2D eigenvalue weighted by Gasteiger charge is -2.14. The third-order valence-corrected chi connectivity index (χ3v) is 3.29. The van der Waals surface area contributed by atoms with Gasteiger partial charge in [-0.05, 0) is 31.8 Å². The Morgan fingerprint density at radius 1 is 1.60 bits per heavy atom. The van der Waals surface area contributed by atoms with Crippen LogP contribution < -0.4 is 10.1 Å². The van der Waals surface area contributed by atoms with Gasteiger partial charge in [-0.2, -0.15) is 0 Å². The summed E-state index contributed by atoms with van der Waals surface area (Å²) < 4.78 is 5.31. The van der Waals surface area contributed by atoms with E-state index < -0.39 is 0 Å². The molecule has 1 atom stereocenters. The summed E-state index contributed by atoms with van der Waals surface area (Å²) in [4.78, 5) is 1.26. The monoisotopic (exact) mass is 223 g/mol. The fourth-order valence-electron chi connectivity index (χ4n) is 1.48. The number of ether oxygens (including phenoxy) is 1. The fourth-order valence-corrected chi connectivity index (χ4v) is 2.49. The van der Waals surface area contributed by atoms with Crippen molar-refractivity contribution in [1.29, 1.82) is 0 Å². The molecule has 1 aromatic rings. The minimum atomic E-state index is 0.348. The van der Waals surface area contributed by atoms with E-state index in [1.807, 2.05) is 20.0 Å². The lowest BCUT2D eigenvalue weighted by molar-refractivity contribution is 0.403. The zero-order valence-corrected chi connectivity index (χ0v) is 10.3. The Hall–Kier alpha value is -0.980. The van der Waals surface area contributed by atoms with Gasteiger partial charge in [0.1, 0.15) is 5.75 Å². The highest BCUT2D eigenvalue weighted by Crippen LogP contribution is 2.32. The third kappa shape index (κ3) is 3.26. The molecule has 1 aromatic heterocycles. The van der Waals surface area contributed by atoms with Gasteiger partial charge in [0.05, 0.1) is 12.0 Å². The van der Waals surface area contributed by atoms with Crippen LogP contribution in [-0.4, -0.2) is 14.2 Å². The molecule has 3 heteroatoms. The predicted octanol–water partition coefficient (Wildman–Crippen LogP) is 2.82. The summed E-state index contributed by atoms with van der Waals surface area (Å²) in [5.74, 6) is 6.98. The van der Waals surface area contributed by atoms with E-state index in [0.29, 0.717) is 6.04 Å². The normalized spacial score (nSPS) is 11.7. The summed E-state index contributed by atoms with van der Waals surface area (Å²) >= 11 is 1.73. The Morgan fingerprint density at radius 2 is 2.40 bits per heavy atom. The van der Waals surface area contributed by atoms with E-state index in [1.165, 1.54) is 4.88 Å². The first kappa shape index (κ1) is 12.1. The minimum absolute atomic E-state index is 0.348. The SMILES string of the molecule is CC#CCCC(NC)c1sccc1OC. The lowest BCUT2D eigenvalue weighted by Crippen LogP contribution is -2.15. The molecule has 0 aliphatic heterocycles. The number of thiophene rings is 1. The highest BCUT2D eigenvalue weighted by molar-refractivity contribution is 7.10. The van der Waals surface area contributed by atoms with Crippen LogP contribution in [0.5, 0.6) is 5.75 Å². The van der Waals surface area contributed by atoms with E-state index in [1.54, 1.807) is 18.4 Å². The third-order valence-electron chi connectivity index (χ3n) is 2.28. The fraction of sp³-hybridized carbons (Fsp3) is 0.500. The van der Waals surface area contributed by atoms with Crippen LogP contribution in [0.1, 0.15) is 30.7 Å². The molecule has 0 bridgehead atoms. The van der Waals surface area contributed by atoms with Crippen molar-refractivity contribution >= 4 is 11.3 Å². The maximum atomic E-state index is 5.31. The Labute approximate surface area is 95.7 Å². The molecule has 0 spiro atoms. The van der Waals surface area contributed by atoms with Gasteiger partial charge in [0, 0.05) is 12.5 Å². The zero-order valence-electron chi connectivity index (χ0n) is 9.46. The van der Waals surface area contributed by atoms with Gasteiger partial charge >= 0.3 is 0 Å². The van der Waals surface area contributed by atoms with E-state index in [0.717, 1.165) is 18.6 Å². The molecule has 0 saturated carbocycles. The molecular formula is C12H17NOS. The Kier molecular flexibility index (Phi) is 5.23. The van der Waals surface area contributed by atoms with Crippen molar-refractivity contribution in [3.63, 3.8) is 0 Å². The Morgan fingerprint density at radius 3 is 3.00 bits per heavy atom. The Bertz CT molecular complexity index is 348. The number of hydrogen-bond donors (Lipinski definition) is 1. The molecular weight excluding hydrogens is 206 g/mol. The highest BCUT2D eigenvalue weighted by Gasteiger charge is 2.14. The quantitative estimate of drug-likeness (QED) is 0.775. The van der Waals surface area contributed by atoms with E-state index in [2.05, 4.69) is 22.5 Å². The summed E-state index contributed by atoms with van der Waals surface area (Å²) in [6, 6.07) is 2.36. The van der Waals surface area contributed by atoms with Crippen molar-refractivity contribution in [2.75, 3.05) is 14.2 Å².